The van der Waals surface area contributed by atoms with E-state index in [1.54, 1.807) is 6.07 Å². The van der Waals surface area contributed by atoms with Crippen molar-refractivity contribution in [3.63, 3.8) is 0 Å². The lowest BCUT2D eigenvalue weighted by Crippen LogP contribution is -2.33. The van der Waals surface area contributed by atoms with Crippen LogP contribution in [0.5, 0.6) is 0 Å². The maximum absolute atomic E-state index is 11.1. The molecule has 1 heterocycles. The largest absolute Gasteiger partial charge is 0.371 e. The summed E-state index contributed by atoms with van der Waals surface area (Å²) in [7, 11) is 0. The van der Waals surface area contributed by atoms with E-state index in [4.69, 9.17) is 23.2 Å². The number of carbonyl (C=O) groups excluding carboxylic acids is 1. The van der Waals surface area contributed by atoms with Crippen LogP contribution in [0, 0.1) is 0 Å². The highest BCUT2D eigenvalue weighted by molar-refractivity contribution is 6.42. The number of nitrogens with zero attached hydrogens (tertiary/aromatic N) is 1. The third-order valence-electron chi connectivity index (χ3n) is 2.59. The fourth-order valence-corrected chi connectivity index (χ4v) is 1.99. The van der Waals surface area contributed by atoms with E-state index >= 15 is 0 Å². The van der Waals surface area contributed by atoms with Crippen LogP contribution in [0.4, 0.5) is 5.69 Å². The first-order chi connectivity index (χ1) is 7.16. The first-order valence-electron chi connectivity index (χ1n) is 4.88. The summed E-state index contributed by atoms with van der Waals surface area (Å²) in [6, 6.07) is 5.57. The molecule has 0 saturated carbocycles. The van der Waals surface area contributed by atoms with Crippen LogP contribution in [0.15, 0.2) is 18.2 Å². The summed E-state index contributed by atoms with van der Waals surface area (Å²) in [5.74, 6) is 0.339. The van der Waals surface area contributed by atoms with E-state index in [-0.39, 0.29) is 0 Å². The van der Waals surface area contributed by atoms with E-state index in [1.807, 2.05) is 12.1 Å². The molecule has 1 aliphatic heterocycles. The van der Waals surface area contributed by atoms with Crippen molar-refractivity contribution < 1.29 is 4.79 Å². The molecule has 15 heavy (non-hydrogen) atoms. The Hall–Kier alpha value is -0.730. The van der Waals surface area contributed by atoms with Crippen molar-refractivity contribution in [3.05, 3.63) is 28.2 Å². The molecule has 4 heteroatoms. The van der Waals surface area contributed by atoms with Gasteiger partial charge in [0.05, 0.1) is 10.0 Å². The van der Waals surface area contributed by atoms with E-state index in [0.717, 1.165) is 18.8 Å². The van der Waals surface area contributed by atoms with Gasteiger partial charge < -0.3 is 4.90 Å². The van der Waals surface area contributed by atoms with E-state index in [0.29, 0.717) is 28.7 Å². The van der Waals surface area contributed by atoms with Gasteiger partial charge in [0.15, 0.2) is 0 Å². The van der Waals surface area contributed by atoms with Gasteiger partial charge in [0.2, 0.25) is 0 Å². The summed E-state index contributed by atoms with van der Waals surface area (Å²) in [4.78, 5) is 13.2. The van der Waals surface area contributed by atoms with E-state index in [2.05, 4.69) is 4.90 Å². The molecule has 0 aliphatic carbocycles. The minimum Gasteiger partial charge on any atom is -0.371 e. The normalized spacial score (nSPS) is 16.9. The van der Waals surface area contributed by atoms with Gasteiger partial charge in [0.1, 0.15) is 5.78 Å². The van der Waals surface area contributed by atoms with Crippen LogP contribution in [0.1, 0.15) is 12.8 Å². The lowest BCUT2D eigenvalue weighted by Gasteiger charge is -2.28. The second-order valence-corrected chi connectivity index (χ2v) is 4.44. The molecule has 1 fully saturated rings. The molecule has 0 bridgehead atoms. The topological polar surface area (TPSA) is 20.3 Å². The molecule has 2 rings (SSSR count). The number of hydrogen-bond acceptors (Lipinski definition) is 2. The summed E-state index contributed by atoms with van der Waals surface area (Å²) >= 11 is 11.8. The third kappa shape index (κ3) is 2.44. The lowest BCUT2D eigenvalue weighted by atomic mass is 10.1. The standard InChI is InChI=1S/C11H11Cl2NO/c12-10-2-1-8(7-11(10)13)14-5-3-9(15)4-6-14/h1-2,7H,3-6H2. The number of rotatable bonds is 1. The van der Waals surface area contributed by atoms with Gasteiger partial charge in [0.25, 0.3) is 0 Å². The van der Waals surface area contributed by atoms with Crippen molar-refractivity contribution in [1.29, 1.82) is 0 Å². The van der Waals surface area contributed by atoms with Crippen molar-refractivity contribution in [2.75, 3.05) is 18.0 Å². The zero-order valence-corrected chi connectivity index (χ0v) is 9.68. The molecule has 1 aromatic rings. The highest BCUT2D eigenvalue weighted by Crippen LogP contribution is 2.28. The highest BCUT2D eigenvalue weighted by Gasteiger charge is 2.16. The quantitative estimate of drug-likeness (QED) is 0.756. The monoisotopic (exact) mass is 243 g/mol. The molecule has 0 unspecified atom stereocenters. The molecule has 0 spiro atoms. The number of Topliss-reactive ketones (excluding diaryl/α,β-unsaturated/α-hetero) is 1. The number of piperidine rings is 1. The van der Waals surface area contributed by atoms with E-state index in [9.17, 15) is 4.79 Å². The maximum atomic E-state index is 11.1. The molecule has 2 nitrogen and oxygen atoms in total. The van der Waals surface area contributed by atoms with Crippen LogP contribution >= 0.6 is 23.2 Å². The van der Waals surface area contributed by atoms with Gasteiger partial charge in [-0.15, -0.1) is 0 Å². The Labute approximate surface area is 98.8 Å². The Morgan fingerprint density at radius 2 is 1.73 bits per heavy atom. The van der Waals surface area contributed by atoms with Crippen LogP contribution in [0.25, 0.3) is 0 Å². The average molecular weight is 244 g/mol. The number of carbonyl (C=O) groups is 1. The molecular formula is C11H11Cl2NO. The Balaban J connectivity index is 2.16. The summed E-state index contributed by atoms with van der Waals surface area (Å²) in [6.07, 6.45) is 1.25. The fraction of sp³-hybridized carbons (Fsp3) is 0.364. The van der Waals surface area contributed by atoms with Crippen LogP contribution in [-0.2, 0) is 4.79 Å². The molecular weight excluding hydrogens is 233 g/mol. The Kier molecular flexibility index (Phi) is 3.17. The summed E-state index contributed by atoms with van der Waals surface area (Å²) in [5, 5.41) is 1.12. The molecule has 1 saturated heterocycles. The van der Waals surface area contributed by atoms with Crippen molar-refractivity contribution in [2.45, 2.75) is 12.8 Å². The van der Waals surface area contributed by atoms with Crippen LogP contribution < -0.4 is 4.90 Å². The predicted molar refractivity (Wildman–Crippen MR) is 62.9 cm³/mol. The first-order valence-corrected chi connectivity index (χ1v) is 5.64. The van der Waals surface area contributed by atoms with Gasteiger partial charge >= 0.3 is 0 Å². The zero-order valence-electron chi connectivity index (χ0n) is 8.17. The number of hydrogen-bond donors (Lipinski definition) is 0. The van der Waals surface area contributed by atoms with Gasteiger partial charge in [-0.3, -0.25) is 4.79 Å². The molecule has 0 radical (unpaired) electrons. The maximum Gasteiger partial charge on any atom is 0.136 e. The number of ketones is 1. The van der Waals surface area contributed by atoms with Gasteiger partial charge in [-0.05, 0) is 18.2 Å². The molecule has 1 aromatic carbocycles. The number of benzene rings is 1. The van der Waals surface area contributed by atoms with Gasteiger partial charge in [-0.25, -0.2) is 0 Å². The summed E-state index contributed by atoms with van der Waals surface area (Å²) in [6.45, 7) is 1.55. The zero-order chi connectivity index (χ0) is 10.8. The molecule has 0 aromatic heterocycles. The molecule has 80 valence electrons. The van der Waals surface area contributed by atoms with Crippen LogP contribution in [0.2, 0.25) is 10.0 Å². The molecule has 0 amide bonds. The second-order valence-electron chi connectivity index (χ2n) is 3.62. The Morgan fingerprint density at radius 3 is 2.33 bits per heavy atom. The summed E-state index contributed by atoms with van der Waals surface area (Å²) in [5.41, 5.74) is 1.04. The lowest BCUT2D eigenvalue weighted by molar-refractivity contribution is -0.119. The highest BCUT2D eigenvalue weighted by atomic mass is 35.5. The fourth-order valence-electron chi connectivity index (χ4n) is 1.70. The number of anilines is 1. The molecule has 1 aliphatic rings. The van der Waals surface area contributed by atoms with E-state index < -0.39 is 0 Å². The van der Waals surface area contributed by atoms with Crippen LogP contribution in [-0.4, -0.2) is 18.9 Å². The smallest absolute Gasteiger partial charge is 0.136 e. The molecule has 0 N–H and O–H groups in total. The van der Waals surface area contributed by atoms with Crippen molar-refractivity contribution in [1.82, 2.24) is 0 Å². The second kappa shape index (κ2) is 4.42. The van der Waals surface area contributed by atoms with Gasteiger partial charge in [-0.2, -0.15) is 0 Å². The van der Waals surface area contributed by atoms with Gasteiger partial charge in [-0.1, -0.05) is 23.2 Å². The minimum absolute atomic E-state index is 0.339. The third-order valence-corrected chi connectivity index (χ3v) is 3.33. The summed E-state index contributed by atoms with van der Waals surface area (Å²) < 4.78 is 0. The SMILES string of the molecule is O=C1CCN(c2ccc(Cl)c(Cl)c2)CC1. The van der Waals surface area contributed by atoms with Gasteiger partial charge in [0, 0.05) is 31.6 Å². The predicted octanol–water partition coefficient (Wildman–Crippen LogP) is 3.16. The van der Waals surface area contributed by atoms with E-state index in [1.165, 1.54) is 0 Å². The van der Waals surface area contributed by atoms with Crippen molar-refractivity contribution in [2.24, 2.45) is 0 Å². The first kappa shape index (κ1) is 10.8. The minimum atomic E-state index is 0.339. The Morgan fingerprint density at radius 1 is 1.07 bits per heavy atom. The van der Waals surface area contributed by atoms with Crippen molar-refractivity contribution in [3.8, 4) is 0 Å². The van der Waals surface area contributed by atoms with Crippen LogP contribution in [0.3, 0.4) is 0 Å². The average Bonchev–Trinajstić information content (AvgIpc) is 2.23. The number of halogens is 2. The Bertz CT molecular complexity index is 382. The van der Waals surface area contributed by atoms with Crippen molar-refractivity contribution >= 4 is 34.7 Å². The molecule has 0 atom stereocenters.